The second kappa shape index (κ2) is 22.3. The molecule has 288 valence electrons. The van der Waals surface area contributed by atoms with Gasteiger partial charge in [-0.1, -0.05) is 66.2 Å². The minimum atomic E-state index is -0.775. The summed E-state index contributed by atoms with van der Waals surface area (Å²) in [7, 11) is 0. The van der Waals surface area contributed by atoms with Gasteiger partial charge in [-0.05, 0) is 73.6 Å². The number of hydrogen-bond acceptors (Lipinski definition) is 7. The average molecular weight is 725 g/mol. The number of urea groups is 1. The molecule has 13 heteroatoms. The maximum Gasteiger partial charge on any atom is 0.407 e. The lowest BCUT2D eigenvalue weighted by atomic mass is 9.89. The number of Topliss-reactive ketones (excluding diaryl/α,β-unsaturated/α-hetero) is 1. The third kappa shape index (κ3) is 17.5. The molecule has 13 nitrogen and oxygen atoms in total. The van der Waals surface area contributed by atoms with Crippen molar-refractivity contribution in [3.05, 3.63) is 54.3 Å². The molecule has 0 radical (unpaired) electrons. The quantitative estimate of drug-likeness (QED) is 0.0894. The van der Waals surface area contributed by atoms with Crippen LogP contribution in [0.3, 0.4) is 0 Å². The fraction of sp³-hybridized carbons (Fsp3) is 0.590. The van der Waals surface area contributed by atoms with Crippen LogP contribution >= 0.6 is 0 Å². The van der Waals surface area contributed by atoms with E-state index in [1.165, 1.54) is 6.08 Å². The van der Waals surface area contributed by atoms with Crippen molar-refractivity contribution in [1.82, 2.24) is 20.9 Å². The number of hydrogen-bond donors (Lipinski definition) is 5. The largest absolute Gasteiger partial charge is 0.445 e. The molecule has 1 aromatic rings. The molecule has 6 N–H and O–H groups in total. The van der Waals surface area contributed by atoms with E-state index in [1.54, 1.807) is 35.2 Å². The van der Waals surface area contributed by atoms with Crippen molar-refractivity contribution in [3.8, 4) is 0 Å². The summed E-state index contributed by atoms with van der Waals surface area (Å²) in [4.78, 5) is 76.5. The predicted octanol–water partition coefficient (Wildman–Crippen LogP) is 5.70. The minimum Gasteiger partial charge on any atom is -0.445 e. The number of primary amides is 1. The van der Waals surface area contributed by atoms with E-state index >= 15 is 0 Å². The molecule has 2 atom stereocenters. The van der Waals surface area contributed by atoms with Crippen molar-refractivity contribution in [2.45, 2.75) is 111 Å². The van der Waals surface area contributed by atoms with Gasteiger partial charge in [0.1, 0.15) is 6.61 Å². The first-order valence-electron chi connectivity index (χ1n) is 18.4. The number of benzene rings is 1. The Balaban J connectivity index is 1.89. The summed E-state index contributed by atoms with van der Waals surface area (Å²) in [6.07, 6.45) is 8.54. The van der Waals surface area contributed by atoms with E-state index in [9.17, 15) is 28.8 Å². The highest BCUT2D eigenvalue weighted by Gasteiger charge is 2.29. The normalized spacial score (nSPS) is 13.8. The lowest BCUT2D eigenvalue weighted by molar-refractivity contribution is -0.131. The summed E-state index contributed by atoms with van der Waals surface area (Å²) >= 11 is 0. The van der Waals surface area contributed by atoms with Crippen molar-refractivity contribution < 1.29 is 33.5 Å². The molecule has 6 amide bonds. The SMILES string of the molecule is C=C1C=CC(=O)N1CCCCCC(=O)N[C@H](C(=O)C[C@@H](CCCNC(N)=O)C(=O)Nc1ccc(COC(=O)NCCCCC(C)(C)C)cc1)C(C)C. The molecule has 0 aliphatic carbocycles. The maximum atomic E-state index is 13.5. The summed E-state index contributed by atoms with van der Waals surface area (Å²) < 4.78 is 5.32. The second-order valence-electron chi connectivity index (χ2n) is 14.9. The van der Waals surface area contributed by atoms with Gasteiger partial charge in [-0.15, -0.1) is 0 Å². The first-order valence-corrected chi connectivity index (χ1v) is 18.4. The molecular formula is C39H60N6O7. The summed E-state index contributed by atoms with van der Waals surface area (Å²) in [5.74, 6) is -1.90. The number of nitrogens with two attached hydrogens (primary N) is 1. The number of amides is 6. The van der Waals surface area contributed by atoms with E-state index < -0.39 is 24.1 Å². The van der Waals surface area contributed by atoms with E-state index in [2.05, 4.69) is 48.6 Å². The van der Waals surface area contributed by atoms with Crippen molar-refractivity contribution >= 4 is 41.3 Å². The van der Waals surface area contributed by atoms with E-state index in [4.69, 9.17) is 10.5 Å². The highest BCUT2D eigenvalue weighted by atomic mass is 16.5. The molecule has 0 bridgehead atoms. The molecule has 0 saturated carbocycles. The van der Waals surface area contributed by atoms with Gasteiger partial charge in [0, 0.05) is 55.9 Å². The van der Waals surface area contributed by atoms with Gasteiger partial charge in [0.2, 0.25) is 11.8 Å². The van der Waals surface area contributed by atoms with Gasteiger partial charge in [-0.2, -0.15) is 0 Å². The van der Waals surface area contributed by atoms with Crippen LogP contribution < -0.4 is 27.0 Å². The molecule has 52 heavy (non-hydrogen) atoms. The van der Waals surface area contributed by atoms with Crippen LogP contribution in [0.4, 0.5) is 15.3 Å². The van der Waals surface area contributed by atoms with Gasteiger partial charge in [0.05, 0.1) is 6.04 Å². The summed E-state index contributed by atoms with van der Waals surface area (Å²) in [6.45, 7) is 15.5. The Hall–Kier alpha value is -4.68. The number of carbonyl (C=O) groups excluding carboxylic acids is 6. The third-order valence-corrected chi connectivity index (χ3v) is 8.71. The fourth-order valence-corrected chi connectivity index (χ4v) is 5.69. The van der Waals surface area contributed by atoms with E-state index in [0.29, 0.717) is 43.7 Å². The Morgan fingerprint density at radius 2 is 1.60 bits per heavy atom. The number of alkyl carbamates (subject to hydrolysis) is 1. The molecule has 0 fully saturated rings. The number of unbranched alkanes of at least 4 members (excludes halogenated alkanes) is 3. The molecule has 1 aliphatic rings. The van der Waals surface area contributed by atoms with Crippen LogP contribution in [-0.4, -0.2) is 66.2 Å². The standard InChI is InChI=1S/C39H60N6O7/c1-27(2)35(44-33(47)14-8-7-11-24-45-28(3)15-20-34(45)48)32(46)25-30(13-12-23-41-37(40)50)36(49)43-31-18-16-29(17-19-31)26-52-38(51)42-22-10-9-21-39(4,5)6/h15-20,27,30,35H,3,7-14,21-26H2,1-2,4-6H3,(H,42,51)(H,43,49)(H,44,47)(H3,40,41,50)/t30-,35+/m1/s1. The molecule has 1 aromatic carbocycles. The third-order valence-electron chi connectivity index (χ3n) is 8.71. The van der Waals surface area contributed by atoms with Crippen LogP contribution in [0.15, 0.2) is 48.7 Å². The number of rotatable bonds is 23. The van der Waals surface area contributed by atoms with Gasteiger partial charge in [-0.3, -0.25) is 19.2 Å². The molecule has 0 aromatic heterocycles. The smallest absolute Gasteiger partial charge is 0.407 e. The Morgan fingerprint density at radius 3 is 2.21 bits per heavy atom. The van der Waals surface area contributed by atoms with E-state index in [-0.39, 0.29) is 60.8 Å². The van der Waals surface area contributed by atoms with Crippen LogP contribution in [0.2, 0.25) is 0 Å². The van der Waals surface area contributed by atoms with Crippen molar-refractivity contribution in [1.29, 1.82) is 0 Å². The zero-order chi connectivity index (χ0) is 38.7. The Labute approximate surface area is 308 Å². The van der Waals surface area contributed by atoms with Crippen molar-refractivity contribution in [3.63, 3.8) is 0 Å². The van der Waals surface area contributed by atoms with Crippen LogP contribution in [0.5, 0.6) is 0 Å². The molecule has 0 unspecified atom stereocenters. The Bertz CT molecular complexity index is 1380. The van der Waals surface area contributed by atoms with E-state index in [1.807, 2.05) is 13.8 Å². The zero-order valence-electron chi connectivity index (χ0n) is 31.7. The molecule has 0 saturated heterocycles. The topological polar surface area (TPSA) is 189 Å². The van der Waals surface area contributed by atoms with Gasteiger partial charge in [0.15, 0.2) is 5.78 Å². The molecule has 1 heterocycles. The minimum absolute atomic E-state index is 0.0713. The van der Waals surface area contributed by atoms with Crippen LogP contribution in [0, 0.1) is 17.3 Å². The number of anilines is 1. The molecule has 2 rings (SSSR count). The highest BCUT2D eigenvalue weighted by molar-refractivity contribution is 5.97. The van der Waals surface area contributed by atoms with Gasteiger partial charge < -0.3 is 36.6 Å². The van der Waals surface area contributed by atoms with E-state index in [0.717, 1.165) is 37.7 Å². The number of nitrogens with zero attached hydrogens (tertiary/aromatic N) is 1. The monoisotopic (exact) mass is 724 g/mol. The lowest BCUT2D eigenvalue weighted by Crippen LogP contribution is -2.45. The molecular weight excluding hydrogens is 664 g/mol. The lowest BCUT2D eigenvalue weighted by Gasteiger charge is -2.24. The number of nitrogens with one attached hydrogen (secondary N) is 4. The van der Waals surface area contributed by atoms with Gasteiger partial charge in [-0.25, -0.2) is 9.59 Å². The van der Waals surface area contributed by atoms with Crippen LogP contribution in [-0.2, 0) is 30.5 Å². The second-order valence-corrected chi connectivity index (χ2v) is 14.9. The number of carbonyl (C=O) groups is 6. The highest BCUT2D eigenvalue weighted by Crippen LogP contribution is 2.22. The number of ketones is 1. The number of ether oxygens (including phenoxy) is 1. The number of allylic oxidation sites excluding steroid dienone is 1. The Morgan fingerprint density at radius 1 is 0.904 bits per heavy atom. The predicted molar refractivity (Wildman–Crippen MR) is 202 cm³/mol. The Kier molecular flexibility index (Phi) is 18.6. The zero-order valence-corrected chi connectivity index (χ0v) is 31.7. The fourth-order valence-electron chi connectivity index (χ4n) is 5.69. The summed E-state index contributed by atoms with van der Waals surface area (Å²) in [6, 6.07) is 5.43. The van der Waals surface area contributed by atoms with Crippen molar-refractivity contribution in [2.75, 3.05) is 25.0 Å². The van der Waals surface area contributed by atoms with Crippen LogP contribution in [0.1, 0.15) is 104 Å². The van der Waals surface area contributed by atoms with Crippen molar-refractivity contribution in [2.24, 2.45) is 23.0 Å². The summed E-state index contributed by atoms with van der Waals surface area (Å²) in [5.41, 5.74) is 7.36. The summed E-state index contributed by atoms with van der Waals surface area (Å²) in [5, 5.41) is 11.0. The first kappa shape index (κ1) is 43.5. The average Bonchev–Trinajstić information content (AvgIpc) is 3.39. The molecule has 1 aliphatic heterocycles. The van der Waals surface area contributed by atoms with Crippen LogP contribution in [0.25, 0.3) is 0 Å². The van der Waals surface area contributed by atoms with Gasteiger partial charge in [0.25, 0.3) is 5.91 Å². The maximum absolute atomic E-state index is 13.5. The molecule has 0 spiro atoms. The van der Waals surface area contributed by atoms with Gasteiger partial charge >= 0.3 is 12.1 Å². The first-order chi connectivity index (χ1) is 24.6.